The summed E-state index contributed by atoms with van der Waals surface area (Å²) in [5.41, 5.74) is 1.20. The van der Waals surface area contributed by atoms with E-state index in [1.807, 2.05) is 18.2 Å². The average Bonchev–Trinajstić information content (AvgIpc) is 2.41. The molecule has 19 heavy (non-hydrogen) atoms. The zero-order valence-corrected chi connectivity index (χ0v) is 11.3. The molecule has 1 heterocycles. The van der Waals surface area contributed by atoms with Crippen molar-refractivity contribution < 1.29 is 14.6 Å². The minimum Gasteiger partial charge on any atom is -0.496 e. The number of hydrogen-bond acceptors (Lipinski definition) is 3. The van der Waals surface area contributed by atoms with Crippen LogP contribution in [-0.2, 0) is 11.3 Å². The van der Waals surface area contributed by atoms with Crippen LogP contribution in [0.3, 0.4) is 0 Å². The van der Waals surface area contributed by atoms with Crippen LogP contribution in [-0.4, -0.2) is 36.2 Å². The normalized spacial score (nSPS) is 17.3. The van der Waals surface area contributed by atoms with Gasteiger partial charge in [-0.2, -0.15) is 0 Å². The van der Waals surface area contributed by atoms with Gasteiger partial charge in [0, 0.05) is 18.5 Å². The second-order valence-electron chi connectivity index (χ2n) is 5.13. The fraction of sp³-hybridized carbons (Fsp3) is 0.533. The molecular formula is C15H21NO3. The van der Waals surface area contributed by atoms with Gasteiger partial charge in [0.1, 0.15) is 5.75 Å². The number of nitrogens with zero attached hydrogens (tertiary/aromatic N) is 1. The van der Waals surface area contributed by atoms with Crippen LogP contribution in [0.1, 0.15) is 24.8 Å². The lowest BCUT2D eigenvalue weighted by atomic mass is 9.93. The standard InChI is InChI=1S/C15H21NO3/c1-19-14-5-3-2-4-13(14)11-16-8-6-12(7-9-16)10-15(17)18/h2-5,12H,6-11H2,1H3,(H,17,18). The highest BCUT2D eigenvalue weighted by atomic mass is 16.5. The lowest BCUT2D eigenvalue weighted by molar-refractivity contribution is -0.138. The van der Waals surface area contributed by atoms with Crippen LogP contribution < -0.4 is 4.74 Å². The Morgan fingerprint density at radius 1 is 1.37 bits per heavy atom. The summed E-state index contributed by atoms with van der Waals surface area (Å²) in [6, 6.07) is 8.06. The summed E-state index contributed by atoms with van der Waals surface area (Å²) in [5, 5.41) is 8.80. The fourth-order valence-electron chi connectivity index (χ4n) is 2.67. The first-order valence-electron chi connectivity index (χ1n) is 6.75. The molecule has 4 nitrogen and oxygen atoms in total. The smallest absolute Gasteiger partial charge is 0.303 e. The summed E-state index contributed by atoms with van der Waals surface area (Å²) >= 11 is 0. The van der Waals surface area contributed by atoms with Crippen LogP contribution >= 0.6 is 0 Å². The summed E-state index contributed by atoms with van der Waals surface area (Å²) in [7, 11) is 1.69. The predicted molar refractivity (Wildman–Crippen MR) is 73.2 cm³/mol. The summed E-state index contributed by atoms with van der Waals surface area (Å²) in [5.74, 6) is 0.588. The van der Waals surface area contributed by atoms with Crippen molar-refractivity contribution >= 4 is 5.97 Å². The van der Waals surface area contributed by atoms with Crippen LogP contribution in [0, 0.1) is 5.92 Å². The monoisotopic (exact) mass is 263 g/mol. The van der Waals surface area contributed by atoms with Gasteiger partial charge in [0.15, 0.2) is 0 Å². The van der Waals surface area contributed by atoms with Gasteiger partial charge in [-0.1, -0.05) is 18.2 Å². The van der Waals surface area contributed by atoms with Gasteiger partial charge in [-0.25, -0.2) is 0 Å². The van der Waals surface area contributed by atoms with Crippen molar-refractivity contribution in [2.24, 2.45) is 5.92 Å². The molecule has 1 fully saturated rings. The SMILES string of the molecule is COc1ccccc1CN1CCC(CC(=O)O)CC1. The Hall–Kier alpha value is -1.55. The zero-order chi connectivity index (χ0) is 13.7. The summed E-state index contributed by atoms with van der Waals surface area (Å²) in [4.78, 5) is 13.1. The van der Waals surface area contributed by atoms with Gasteiger partial charge in [-0.15, -0.1) is 0 Å². The maximum absolute atomic E-state index is 10.7. The van der Waals surface area contributed by atoms with Gasteiger partial charge >= 0.3 is 5.97 Å². The first-order valence-corrected chi connectivity index (χ1v) is 6.75. The van der Waals surface area contributed by atoms with E-state index < -0.39 is 5.97 Å². The molecule has 0 unspecified atom stereocenters. The Morgan fingerprint density at radius 3 is 2.68 bits per heavy atom. The number of para-hydroxylation sites is 1. The number of rotatable bonds is 5. The molecule has 1 aromatic carbocycles. The van der Waals surface area contributed by atoms with Gasteiger partial charge in [0.2, 0.25) is 0 Å². The third kappa shape index (κ3) is 3.96. The van der Waals surface area contributed by atoms with Gasteiger partial charge in [-0.3, -0.25) is 9.69 Å². The largest absolute Gasteiger partial charge is 0.496 e. The van der Waals surface area contributed by atoms with Gasteiger partial charge in [0.05, 0.1) is 7.11 Å². The molecule has 1 aromatic rings. The molecule has 0 amide bonds. The number of benzene rings is 1. The molecular weight excluding hydrogens is 242 g/mol. The number of likely N-dealkylation sites (tertiary alicyclic amines) is 1. The number of ether oxygens (including phenoxy) is 1. The van der Waals surface area contributed by atoms with E-state index in [2.05, 4.69) is 11.0 Å². The zero-order valence-electron chi connectivity index (χ0n) is 11.3. The van der Waals surface area contributed by atoms with E-state index in [9.17, 15) is 4.79 Å². The van der Waals surface area contributed by atoms with Crippen LogP contribution in [0.15, 0.2) is 24.3 Å². The Bertz CT molecular complexity index is 425. The number of piperidine rings is 1. The Labute approximate surface area is 114 Å². The van der Waals surface area contributed by atoms with Crippen molar-refractivity contribution in [1.29, 1.82) is 0 Å². The molecule has 0 saturated carbocycles. The van der Waals surface area contributed by atoms with Crippen molar-refractivity contribution in [2.75, 3.05) is 20.2 Å². The lowest BCUT2D eigenvalue weighted by Gasteiger charge is -2.31. The molecule has 1 saturated heterocycles. The quantitative estimate of drug-likeness (QED) is 0.886. The number of carboxylic acid groups (broad SMARTS) is 1. The molecule has 1 aliphatic heterocycles. The number of carboxylic acids is 1. The van der Waals surface area contributed by atoms with Crippen molar-refractivity contribution in [3.8, 4) is 5.75 Å². The maximum atomic E-state index is 10.7. The van der Waals surface area contributed by atoms with Crippen LogP contribution in [0.4, 0.5) is 0 Å². The summed E-state index contributed by atoms with van der Waals surface area (Å²) in [6.07, 6.45) is 2.26. The second kappa shape index (κ2) is 6.57. The van der Waals surface area contributed by atoms with E-state index in [0.29, 0.717) is 12.3 Å². The maximum Gasteiger partial charge on any atom is 0.303 e. The minimum atomic E-state index is -0.678. The Morgan fingerprint density at radius 2 is 2.05 bits per heavy atom. The Balaban J connectivity index is 1.87. The van der Waals surface area contributed by atoms with Crippen molar-refractivity contribution in [3.63, 3.8) is 0 Å². The summed E-state index contributed by atoms with van der Waals surface area (Å²) in [6.45, 7) is 2.82. The molecule has 0 radical (unpaired) electrons. The van der Waals surface area contributed by atoms with E-state index in [1.165, 1.54) is 5.56 Å². The lowest BCUT2D eigenvalue weighted by Crippen LogP contribution is -2.34. The third-order valence-corrected chi connectivity index (χ3v) is 3.76. The molecule has 0 aromatic heterocycles. The summed E-state index contributed by atoms with van der Waals surface area (Å²) < 4.78 is 5.36. The fourth-order valence-corrected chi connectivity index (χ4v) is 2.67. The number of carbonyl (C=O) groups is 1. The number of hydrogen-bond donors (Lipinski definition) is 1. The van der Waals surface area contributed by atoms with E-state index in [0.717, 1.165) is 38.2 Å². The second-order valence-corrected chi connectivity index (χ2v) is 5.13. The molecule has 4 heteroatoms. The molecule has 0 bridgehead atoms. The first kappa shape index (κ1) is 13.9. The number of aliphatic carboxylic acids is 1. The highest BCUT2D eigenvalue weighted by Crippen LogP contribution is 2.24. The van der Waals surface area contributed by atoms with Crippen LogP contribution in [0.2, 0.25) is 0 Å². The molecule has 1 N–H and O–H groups in total. The van der Waals surface area contributed by atoms with E-state index in [-0.39, 0.29) is 0 Å². The van der Waals surface area contributed by atoms with Crippen molar-refractivity contribution in [1.82, 2.24) is 4.90 Å². The van der Waals surface area contributed by atoms with E-state index in [1.54, 1.807) is 7.11 Å². The molecule has 0 atom stereocenters. The van der Waals surface area contributed by atoms with Gasteiger partial charge in [-0.05, 0) is 37.9 Å². The highest BCUT2D eigenvalue weighted by molar-refractivity contribution is 5.67. The average molecular weight is 263 g/mol. The van der Waals surface area contributed by atoms with Gasteiger partial charge < -0.3 is 9.84 Å². The minimum absolute atomic E-state index is 0.308. The number of methoxy groups -OCH3 is 1. The third-order valence-electron chi connectivity index (χ3n) is 3.76. The van der Waals surface area contributed by atoms with Crippen LogP contribution in [0.25, 0.3) is 0 Å². The molecule has 104 valence electrons. The molecule has 0 aliphatic carbocycles. The van der Waals surface area contributed by atoms with Crippen molar-refractivity contribution in [3.05, 3.63) is 29.8 Å². The van der Waals surface area contributed by atoms with E-state index >= 15 is 0 Å². The van der Waals surface area contributed by atoms with E-state index in [4.69, 9.17) is 9.84 Å². The predicted octanol–water partition coefficient (Wildman–Crippen LogP) is 2.38. The topological polar surface area (TPSA) is 49.8 Å². The first-order chi connectivity index (χ1) is 9.19. The molecule has 0 spiro atoms. The highest BCUT2D eigenvalue weighted by Gasteiger charge is 2.21. The molecule has 1 aliphatic rings. The van der Waals surface area contributed by atoms with Gasteiger partial charge in [0.25, 0.3) is 0 Å². The van der Waals surface area contributed by atoms with Crippen LogP contribution in [0.5, 0.6) is 5.75 Å². The Kier molecular flexibility index (Phi) is 4.80. The van der Waals surface area contributed by atoms with Crippen molar-refractivity contribution in [2.45, 2.75) is 25.8 Å². The molecule has 2 rings (SSSR count).